The Bertz CT molecular complexity index is 1100. The van der Waals surface area contributed by atoms with Gasteiger partial charge in [-0.15, -0.1) is 0 Å². The third-order valence-electron chi connectivity index (χ3n) is 8.49. The molecule has 1 unspecified atom stereocenters. The van der Waals surface area contributed by atoms with Gasteiger partial charge in [0.2, 0.25) is 11.8 Å². The Morgan fingerprint density at radius 1 is 1.00 bits per heavy atom. The van der Waals surface area contributed by atoms with Crippen molar-refractivity contribution in [2.45, 2.75) is 69.2 Å². The molecule has 1 aromatic carbocycles. The Morgan fingerprint density at radius 2 is 1.82 bits per heavy atom. The van der Waals surface area contributed by atoms with E-state index < -0.39 is 35.0 Å². The molecule has 5 atom stereocenters. The first-order chi connectivity index (χ1) is 18.5. The molecule has 38 heavy (non-hydrogen) atoms. The maximum Gasteiger partial charge on any atom is 0.313 e. The number of aliphatic hydroxyl groups is 1. The predicted molar refractivity (Wildman–Crippen MR) is 141 cm³/mol. The van der Waals surface area contributed by atoms with E-state index in [1.807, 2.05) is 55.5 Å². The fraction of sp³-hybridized carbons (Fsp3) is 0.567. The highest BCUT2D eigenvalue weighted by atomic mass is 16.6. The molecule has 0 aliphatic carbocycles. The van der Waals surface area contributed by atoms with Crippen LogP contribution in [0.1, 0.15) is 51.0 Å². The Kier molecular flexibility index (Phi) is 7.73. The zero-order chi connectivity index (χ0) is 26.8. The summed E-state index contributed by atoms with van der Waals surface area (Å²) in [7, 11) is 0. The van der Waals surface area contributed by atoms with Gasteiger partial charge < -0.3 is 24.4 Å². The van der Waals surface area contributed by atoms with E-state index in [-0.39, 0.29) is 18.4 Å². The van der Waals surface area contributed by atoms with Gasteiger partial charge in [-0.3, -0.25) is 14.4 Å². The highest BCUT2D eigenvalue weighted by Gasteiger charge is 2.75. The van der Waals surface area contributed by atoms with Gasteiger partial charge in [0.05, 0.1) is 12.5 Å². The van der Waals surface area contributed by atoms with E-state index in [1.54, 1.807) is 9.80 Å². The van der Waals surface area contributed by atoms with E-state index >= 15 is 0 Å². The number of rotatable bonds is 7. The Hall–Kier alpha value is -2.97. The van der Waals surface area contributed by atoms with Crippen molar-refractivity contribution in [2.75, 3.05) is 26.3 Å². The molecule has 1 N–H and O–H groups in total. The summed E-state index contributed by atoms with van der Waals surface area (Å²) in [4.78, 5) is 45.5. The highest BCUT2D eigenvalue weighted by Crippen LogP contribution is 2.58. The van der Waals surface area contributed by atoms with Gasteiger partial charge in [-0.05, 0) is 44.1 Å². The third kappa shape index (κ3) is 4.47. The Labute approximate surface area is 224 Å². The zero-order valence-corrected chi connectivity index (χ0v) is 22.1. The van der Waals surface area contributed by atoms with Crippen molar-refractivity contribution in [3.63, 3.8) is 0 Å². The second-order valence-electron chi connectivity index (χ2n) is 10.8. The molecule has 0 aromatic heterocycles. The first-order valence-corrected chi connectivity index (χ1v) is 13.9. The minimum absolute atomic E-state index is 0.00441. The van der Waals surface area contributed by atoms with Crippen LogP contribution in [0, 0.1) is 11.8 Å². The van der Waals surface area contributed by atoms with Gasteiger partial charge in [0.15, 0.2) is 0 Å². The molecule has 2 saturated heterocycles. The summed E-state index contributed by atoms with van der Waals surface area (Å²) in [6.45, 7) is 3.36. The number of carbonyl (C=O) groups is 3. The number of hydrogen-bond acceptors (Lipinski definition) is 6. The van der Waals surface area contributed by atoms with Crippen LogP contribution in [0.15, 0.2) is 54.6 Å². The van der Waals surface area contributed by atoms with Crippen molar-refractivity contribution >= 4 is 17.8 Å². The molecule has 0 radical (unpaired) electrons. The number of ether oxygens (including phenoxy) is 2. The number of likely N-dealkylation sites (tertiary alicyclic amines) is 1. The van der Waals surface area contributed by atoms with Crippen LogP contribution in [-0.2, 0) is 30.4 Å². The van der Waals surface area contributed by atoms with Crippen molar-refractivity contribution in [1.29, 1.82) is 0 Å². The lowest BCUT2D eigenvalue weighted by molar-refractivity contribution is -0.161. The molecule has 4 aliphatic heterocycles. The molecule has 8 heteroatoms. The summed E-state index contributed by atoms with van der Waals surface area (Å²) >= 11 is 0. The number of amides is 2. The number of cyclic esters (lactones) is 1. The molecule has 2 fully saturated rings. The van der Waals surface area contributed by atoms with Gasteiger partial charge in [0.1, 0.15) is 23.2 Å². The smallest absolute Gasteiger partial charge is 0.313 e. The van der Waals surface area contributed by atoms with E-state index in [1.165, 1.54) is 0 Å². The van der Waals surface area contributed by atoms with E-state index in [2.05, 4.69) is 6.08 Å². The highest BCUT2D eigenvalue weighted by molar-refractivity contribution is 5.99. The van der Waals surface area contributed by atoms with Gasteiger partial charge in [-0.2, -0.15) is 0 Å². The average molecular weight is 523 g/mol. The summed E-state index contributed by atoms with van der Waals surface area (Å²) in [5.74, 6) is -2.59. The number of allylic oxidation sites excluding steroid dienone is 1. The maximum atomic E-state index is 14.3. The van der Waals surface area contributed by atoms with Crippen molar-refractivity contribution < 1.29 is 29.0 Å². The molecule has 2 amide bonds. The number of hydrogen-bond donors (Lipinski definition) is 1. The second kappa shape index (κ2) is 11.0. The number of esters is 1. The van der Waals surface area contributed by atoms with E-state index in [9.17, 15) is 19.5 Å². The van der Waals surface area contributed by atoms with E-state index in [4.69, 9.17) is 9.47 Å². The minimum atomic E-state index is -1.28. The van der Waals surface area contributed by atoms with Crippen LogP contribution in [0.3, 0.4) is 0 Å². The number of aliphatic hydroxyl groups excluding tert-OH is 1. The third-order valence-corrected chi connectivity index (χ3v) is 8.49. The normalized spacial score (nSPS) is 33.8. The number of unbranched alkanes of at least 4 members (excludes halogenated alkanes) is 1. The predicted octanol–water partition coefficient (Wildman–Crippen LogP) is 3.00. The number of carbonyl (C=O) groups excluding carboxylic acids is 3. The van der Waals surface area contributed by atoms with Crippen LogP contribution in [0.25, 0.3) is 0 Å². The standard InChI is InChI=1S/C30H38N2O6/c1-2-29-15-8-3-4-11-20-37-28(36)24(29)23-26(34)32(18-9-10-19-33)25-27(35)31(17-12-16-30(23,25)38-29)21-22-13-6-5-7-14-22/h5-8,12-16,23-25,33H,2-4,9-11,17-21H2,1H3/b15-8-/t23-,24+,25?,29-,30-/m0/s1. The van der Waals surface area contributed by atoms with Crippen molar-refractivity contribution in [3.8, 4) is 0 Å². The van der Waals surface area contributed by atoms with Gasteiger partial charge in [0.25, 0.3) is 0 Å². The molecular weight excluding hydrogens is 484 g/mol. The largest absolute Gasteiger partial charge is 0.465 e. The quantitative estimate of drug-likeness (QED) is 0.336. The number of benzene rings is 1. The molecule has 0 bridgehead atoms. The topological polar surface area (TPSA) is 96.4 Å². The first kappa shape index (κ1) is 26.6. The van der Waals surface area contributed by atoms with Gasteiger partial charge in [0, 0.05) is 26.2 Å². The molecule has 4 heterocycles. The Balaban J connectivity index is 1.59. The SMILES string of the molecule is CC[C@]12/C=C\CCCCOC(=O)[C@H]1[C@H]1C(=O)N(CCCCO)C3C(=O)N(Cc4ccccc4)CC=C[C@@]31O2. The lowest BCUT2D eigenvalue weighted by Crippen LogP contribution is -2.56. The van der Waals surface area contributed by atoms with E-state index in [0.29, 0.717) is 45.5 Å². The van der Waals surface area contributed by atoms with Crippen LogP contribution in [0.5, 0.6) is 0 Å². The van der Waals surface area contributed by atoms with Crippen LogP contribution in [0.2, 0.25) is 0 Å². The minimum Gasteiger partial charge on any atom is -0.465 e. The fourth-order valence-electron chi connectivity index (χ4n) is 6.66. The summed E-state index contributed by atoms with van der Waals surface area (Å²) in [5, 5.41) is 9.38. The zero-order valence-electron chi connectivity index (χ0n) is 22.1. The summed E-state index contributed by atoms with van der Waals surface area (Å²) in [6.07, 6.45) is 11.8. The van der Waals surface area contributed by atoms with Crippen LogP contribution >= 0.6 is 0 Å². The molecule has 4 aliphatic rings. The van der Waals surface area contributed by atoms with Crippen molar-refractivity contribution in [2.24, 2.45) is 11.8 Å². The second-order valence-corrected chi connectivity index (χ2v) is 10.8. The molecule has 8 nitrogen and oxygen atoms in total. The number of fused-ring (bicyclic) bond motifs is 2. The molecule has 204 valence electrons. The fourth-order valence-corrected chi connectivity index (χ4v) is 6.66. The lowest BCUT2D eigenvalue weighted by Gasteiger charge is -2.38. The van der Waals surface area contributed by atoms with Crippen molar-refractivity contribution in [1.82, 2.24) is 9.80 Å². The lowest BCUT2D eigenvalue weighted by atomic mass is 9.73. The first-order valence-electron chi connectivity index (χ1n) is 13.9. The summed E-state index contributed by atoms with van der Waals surface area (Å²) in [5.41, 5.74) is -1.32. The van der Waals surface area contributed by atoms with Gasteiger partial charge >= 0.3 is 5.97 Å². The summed E-state index contributed by atoms with van der Waals surface area (Å²) < 4.78 is 12.7. The molecule has 0 saturated carbocycles. The monoisotopic (exact) mass is 522 g/mol. The summed E-state index contributed by atoms with van der Waals surface area (Å²) in [6, 6.07) is 8.87. The Morgan fingerprint density at radius 3 is 2.58 bits per heavy atom. The maximum absolute atomic E-state index is 14.3. The van der Waals surface area contributed by atoms with Crippen LogP contribution in [-0.4, -0.2) is 76.2 Å². The van der Waals surface area contributed by atoms with Gasteiger partial charge in [-0.1, -0.05) is 61.6 Å². The average Bonchev–Trinajstić information content (AvgIpc) is 3.28. The molecular formula is C30H38N2O6. The molecule has 1 spiro atoms. The number of nitrogens with zero attached hydrogens (tertiary/aromatic N) is 2. The molecule has 1 aromatic rings. The van der Waals surface area contributed by atoms with Gasteiger partial charge in [-0.25, -0.2) is 0 Å². The van der Waals surface area contributed by atoms with Crippen molar-refractivity contribution in [3.05, 3.63) is 60.2 Å². The van der Waals surface area contributed by atoms with Crippen LogP contribution in [0.4, 0.5) is 0 Å². The van der Waals surface area contributed by atoms with Crippen LogP contribution < -0.4 is 0 Å². The molecule has 5 rings (SSSR count). The van der Waals surface area contributed by atoms with E-state index in [0.717, 1.165) is 24.8 Å².